The molecular weight excluding hydrogens is 316 g/mol. The fraction of sp³-hybridized carbons (Fsp3) is 0.562. The first-order chi connectivity index (χ1) is 9.32. The zero-order valence-corrected chi connectivity index (χ0v) is 13.6. The van der Waals surface area contributed by atoms with Crippen molar-refractivity contribution >= 4 is 21.6 Å². The van der Waals surface area contributed by atoms with Crippen molar-refractivity contribution < 1.29 is 5.11 Å². The van der Waals surface area contributed by atoms with E-state index in [1.54, 1.807) is 12.1 Å². The van der Waals surface area contributed by atoms with Crippen molar-refractivity contribution in [1.82, 2.24) is 0 Å². The van der Waals surface area contributed by atoms with Crippen LogP contribution in [0, 0.1) is 16.7 Å². The predicted molar refractivity (Wildman–Crippen MR) is 84.5 cm³/mol. The van der Waals surface area contributed by atoms with Crippen LogP contribution in [0.1, 0.15) is 45.1 Å². The number of aliphatic hydroxyl groups is 1. The van der Waals surface area contributed by atoms with Crippen LogP contribution in [-0.2, 0) is 0 Å². The summed E-state index contributed by atoms with van der Waals surface area (Å²) in [5.41, 5.74) is 1.19. The van der Waals surface area contributed by atoms with Crippen molar-refractivity contribution in [2.75, 3.05) is 11.9 Å². The molecule has 20 heavy (non-hydrogen) atoms. The van der Waals surface area contributed by atoms with E-state index in [4.69, 9.17) is 5.26 Å². The molecule has 3 nitrogen and oxygen atoms in total. The summed E-state index contributed by atoms with van der Waals surface area (Å²) in [7, 11) is 0. The highest BCUT2D eigenvalue weighted by Gasteiger charge is 2.36. The third-order valence-electron chi connectivity index (χ3n) is 4.18. The van der Waals surface area contributed by atoms with Crippen LogP contribution in [0.5, 0.6) is 0 Å². The molecule has 1 aliphatic rings. The smallest absolute Gasteiger partial charge is 0.0992 e. The third-order valence-corrected chi connectivity index (χ3v) is 4.64. The minimum Gasteiger partial charge on any atom is -0.388 e. The van der Waals surface area contributed by atoms with Crippen molar-refractivity contribution in [3.05, 3.63) is 28.2 Å². The average Bonchev–Trinajstić information content (AvgIpc) is 2.40. The van der Waals surface area contributed by atoms with Crippen LogP contribution in [0.15, 0.2) is 22.7 Å². The van der Waals surface area contributed by atoms with E-state index in [1.165, 1.54) is 0 Å². The molecule has 0 atom stereocenters. The number of anilines is 1. The second-order valence-corrected chi connectivity index (χ2v) is 7.50. The lowest BCUT2D eigenvalue weighted by Gasteiger charge is -2.40. The zero-order valence-electron chi connectivity index (χ0n) is 12.0. The van der Waals surface area contributed by atoms with Crippen LogP contribution >= 0.6 is 15.9 Å². The molecule has 0 spiro atoms. The van der Waals surface area contributed by atoms with E-state index in [2.05, 4.69) is 41.2 Å². The van der Waals surface area contributed by atoms with E-state index in [9.17, 15) is 5.11 Å². The first-order valence-corrected chi connectivity index (χ1v) is 7.78. The molecule has 1 aromatic carbocycles. The van der Waals surface area contributed by atoms with E-state index in [1.807, 2.05) is 6.07 Å². The topological polar surface area (TPSA) is 56.0 Å². The van der Waals surface area contributed by atoms with Gasteiger partial charge in [0.05, 0.1) is 17.2 Å². The standard InChI is InChI=1S/C16H21BrN2O/c1-15(2)3-5-16(20,6-4-15)11-19-14-8-12(10-18)7-13(17)9-14/h7-9,19-20H,3-6,11H2,1-2H3. The Morgan fingerprint density at radius 1 is 1.25 bits per heavy atom. The molecule has 1 aliphatic carbocycles. The molecular formula is C16H21BrN2O. The van der Waals surface area contributed by atoms with Crippen LogP contribution in [0.4, 0.5) is 5.69 Å². The number of benzene rings is 1. The van der Waals surface area contributed by atoms with Crippen LogP contribution in [0.3, 0.4) is 0 Å². The van der Waals surface area contributed by atoms with Gasteiger partial charge in [-0.1, -0.05) is 29.8 Å². The van der Waals surface area contributed by atoms with Crippen LogP contribution < -0.4 is 5.32 Å². The van der Waals surface area contributed by atoms with Gasteiger partial charge in [0.25, 0.3) is 0 Å². The Hall–Kier alpha value is -1.05. The number of hydrogen-bond acceptors (Lipinski definition) is 3. The molecule has 0 unspecified atom stereocenters. The first kappa shape index (κ1) is 15.3. The van der Waals surface area contributed by atoms with E-state index in [0.29, 0.717) is 17.5 Å². The van der Waals surface area contributed by atoms with Crippen LogP contribution in [0.2, 0.25) is 0 Å². The van der Waals surface area contributed by atoms with Gasteiger partial charge in [0.1, 0.15) is 0 Å². The summed E-state index contributed by atoms with van der Waals surface area (Å²) in [5, 5.41) is 22.9. The largest absolute Gasteiger partial charge is 0.388 e. The Morgan fingerprint density at radius 2 is 1.90 bits per heavy atom. The van der Waals surface area contributed by atoms with Crippen molar-refractivity contribution in [2.45, 2.75) is 45.1 Å². The summed E-state index contributed by atoms with van der Waals surface area (Å²) in [5.74, 6) is 0. The summed E-state index contributed by atoms with van der Waals surface area (Å²) in [6.45, 7) is 5.05. The SMILES string of the molecule is CC1(C)CCC(O)(CNc2cc(Br)cc(C#N)c2)CC1. The summed E-state index contributed by atoms with van der Waals surface area (Å²) >= 11 is 3.39. The molecule has 0 radical (unpaired) electrons. The van der Waals surface area contributed by atoms with Gasteiger partial charge in [-0.15, -0.1) is 0 Å². The number of nitrogens with zero attached hydrogens (tertiary/aromatic N) is 1. The molecule has 0 aliphatic heterocycles. The van der Waals surface area contributed by atoms with Crippen molar-refractivity contribution in [3.8, 4) is 6.07 Å². The molecule has 108 valence electrons. The summed E-state index contributed by atoms with van der Waals surface area (Å²) in [6.07, 6.45) is 3.75. The van der Waals surface area contributed by atoms with Crippen molar-refractivity contribution in [3.63, 3.8) is 0 Å². The zero-order chi connectivity index (χ0) is 14.8. The second-order valence-electron chi connectivity index (χ2n) is 6.58. The highest BCUT2D eigenvalue weighted by Crippen LogP contribution is 2.40. The predicted octanol–water partition coefficient (Wildman–Crippen LogP) is 4.06. The minimum absolute atomic E-state index is 0.343. The number of hydrogen-bond donors (Lipinski definition) is 2. The normalized spacial score (nSPS) is 20.1. The molecule has 0 amide bonds. The van der Waals surface area contributed by atoms with Gasteiger partial charge in [-0.3, -0.25) is 0 Å². The molecule has 4 heteroatoms. The molecule has 1 fully saturated rings. The second kappa shape index (κ2) is 5.75. The van der Waals surface area contributed by atoms with Crippen LogP contribution in [-0.4, -0.2) is 17.3 Å². The quantitative estimate of drug-likeness (QED) is 0.874. The number of nitrogens with one attached hydrogen (secondary N) is 1. The molecule has 0 bridgehead atoms. The van der Waals surface area contributed by atoms with E-state index < -0.39 is 5.60 Å². The van der Waals surface area contributed by atoms with Gasteiger partial charge < -0.3 is 10.4 Å². The number of nitriles is 1. The molecule has 2 rings (SSSR count). The lowest BCUT2D eigenvalue weighted by Crippen LogP contribution is -2.42. The first-order valence-electron chi connectivity index (χ1n) is 6.99. The van der Waals surface area contributed by atoms with E-state index in [0.717, 1.165) is 35.8 Å². The Morgan fingerprint density at radius 3 is 2.50 bits per heavy atom. The van der Waals surface area contributed by atoms with Crippen LogP contribution in [0.25, 0.3) is 0 Å². The Kier molecular flexibility index (Phi) is 4.41. The summed E-state index contributed by atoms with van der Waals surface area (Å²) < 4.78 is 0.871. The van der Waals surface area contributed by atoms with E-state index >= 15 is 0 Å². The maximum absolute atomic E-state index is 10.6. The molecule has 1 saturated carbocycles. The fourth-order valence-electron chi connectivity index (χ4n) is 2.59. The van der Waals surface area contributed by atoms with Crippen molar-refractivity contribution in [1.29, 1.82) is 5.26 Å². The van der Waals surface area contributed by atoms with Gasteiger partial charge in [0, 0.05) is 16.7 Å². The Bertz CT molecular complexity index is 524. The summed E-state index contributed by atoms with van der Waals surface area (Å²) in [6, 6.07) is 7.65. The van der Waals surface area contributed by atoms with Gasteiger partial charge in [-0.05, 0) is 49.3 Å². The lowest BCUT2D eigenvalue weighted by molar-refractivity contribution is -0.0145. The Labute approximate surface area is 129 Å². The van der Waals surface area contributed by atoms with Crippen molar-refractivity contribution in [2.24, 2.45) is 5.41 Å². The molecule has 1 aromatic rings. The third kappa shape index (κ3) is 3.97. The molecule has 0 saturated heterocycles. The van der Waals surface area contributed by atoms with Gasteiger partial charge in [0.2, 0.25) is 0 Å². The monoisotopic (exact) mass is 336 g/mol. The molecule has 2 N–H and O–H groups in total. The maximum Gasteiger partial charge on any atom is 0.0992 e. The van der Waals surface area contributed by atoms with Gasteiger partial charge in [-0.25, -0.2) is 0 Å². The fourth-order valence-corrected chi connectivity index (χ4v) is 3.09. The minimum atomic E-state index is -0.634. The molecule has 0 aromatic heterocycles. The maximum atomic E-state index is 10.6. The highest BCUT2D eigenvalue weighted by atomic mass is 79.9. The Balaban J connectivity index is 1.99. The van der Waals surface area contributed by atoms with Gasteiger partial charge in [-0.2, -0.15) is 5.26 Å². The van der Waals surface area contributed by atoms with E-state index in [-0.39, 0.29) is 0 Å². The molecule has 0 heterocycles. The summed E-state index contributed by atoms with van der Waals surface area (Å²) in [4.78, 5) is 0. The number of rotatable bonds is 3. The average molecular weight is 337 g/mol. The highest BCUT2D eigenvalue weighted by molar-refractivity contribution is 9.10. The van der Waals surface area contributed by atoms with Gasteiger partial charge in [0.15, 0.2) is 0 Å². The van der Waals surface area contributed by atoms with Gasteiger partial charge >= 0.3 is 0 Å². The lowest BCUT2D eigenvalue weighted by atomic mass is 9.71. The number of halogens is 1.